The lowest BCUT2D eigenvalue weighted by Gasteiger charge is -2.29. The van der Waals surface area contributed by atoms with E-state index in [4.69, 9.17) is 11.6 Å². The summed E-state index contributed by atoms with van der Waals surface area (Å²) < 4.78 is 0. The molecule has 2 aromatic carbocycles. The van der Waals surface area contributed by atoms with E-state index >= 15 is 0 Å². The fourth-order valence-electron chi connectivity index (χ4n) is 2.73. The van der Waals surface area contributed by atoms with Crippen molar-refractivity contribution in [2.24, 2.45) is 0 Å². The molecule has 1 aliphatic heterocycles. The van der Waals surface area contributed by atoms with E-state index in [2.05, 4.69) is 10.7 Å². The maximum atomic E-state index is 12.4. The number of nitrogens with one attached hydrogen (secondary N) is 2. The number of halogens is 1. The molecule has 2 aromatic rings. The van der Waals surface area contributed by atoms with Crippen molar-refractivity contribution in [1.29, 1.82) is 0 Å². The minimum Gasteiger partial charge on any atom is -0.350 e. The SMILES string of the molecule is Cc1ccccc1N1NC(C(=O)NCCc2ccc(Cl)cc2)=CCC1=O. The number of amides is 2. The number of hydrogen-bond donors (Lipinski definition) is 2. The summed E-state index contributed by atoms with van der Waals surface area (Å²) in [7, 11) is 0. The lowest BCUT2D eigenvalue weighted by Crippen LogP contribution is -2.49. The maximum absolute atomic E-state index is 12.4. The van der Waals surface area contributed by atoms with Gasteiger partial charge < -0.3 is 5.32 Å². The van der Waals surface area contributed by atoms with E-state index in [9.17, 15) is 9.59 Å². The summed E-state index contributed by atoms with van der Waals surface area (Å²) >= 11 is 5.87. The third-order valence-electron chi connectivity index (χ3n) is 4.18. The van der Waals surface area contributed by atoms with Crippen molar-refractivity contribution in [3.05, 3.63) is 76.5 Å². The fraction of sp³-hybridized carbons (Fsp3) is 0.200. The third kappa shape index (κ3) is 4.24. The van der Waals surface area contributed by atoms with Gasteiger partial charge in [-0.3, -0.25) is 15.0 Å². The van der Waals surface area contributed by atoms with Gasteiger partial charge in [-0.15, -0.1) is 0 Å². The van der Waals surface area contributed by atoms with Gasteiger partial charge in [0.25, 0.3) is 5.91 Å². The molecule has 0 radical (unpaired) electrons. The largest absolute Gasteiger partial charge is 0.350 e. The first-order valence-electron chi connectivity index (χ1n) is 8.42. The summed E-state index contributed by atoms with van der Waals surface area (Å²) in [6.45, 7) is 2.42. The van der Waals surface area contributed by atoms with Gasteiger partial charge in [-0.2, -0.15) is 0 Å². The number of para-hydroxylation sites is 1. The van der Waals surface area contributed by atoms with Crippen LogP contribution in [0.1, 0.15) is 17.5 Å². The Morgan fingerprint density at radius 2 is 1.92 bits per heavy atom. The first kappa shape index (κ1) is 18.0. The highest BCUT2D eigenvalue weighted by molar-refractivity contribution is 6.30. The lowest BCUT2D eigenvalue weighted by molar-refractivity contribution is -0.120. The summed E-state index contributed by atoms with van der Waals surface area (Å²) in [5.74, 6) is -0.331. The predicted octanol–water partition coefficient (Wildman–Crippen LogP) is 3.13. The van der Waals surface area contributed by atoms with E-state index in [1.807, 2.05) is 55.5 Å². The number of hydrazine groups is 1. The molecule has 5 nitrogen and oxygen atoms in total. The van der Waals surface area contributed by atoms with Crippen molar-refractivity contribution in [3.8, 4) is 0 Å². The second kappa shape index (κ2) is 8.06. The van der Waals surface area contributed by atoms with E-state index in [0.29, 0.717) is 23.7 Å². The Bertz CT molecular complexity index is 846. The molecule has 0 aromatic heterocycles. The van der Waals surface area contributed by atoms with Crippen molar-refractivity contribution in [1.82, 2.24) is 10.7 Å². The summed E-state index contributed by atoms with van der Waals surface area (Å²) in [6.07, 6.45) is 2.51. The molecule has 0 saturated carbocycles. The van der Waals surface area contributed by atoms with Crippen LogP contribution in [-0.4, -0.2) is 18.4 Å². The number of aryl methyl sites for hydroxylation is 1. The van der Waals surface area contributed by atoms with Gasteiger partial charge in [-0.25, -0.2) is 5.01 Å². The molecule has 0 unspecified atom stereocenters. The number of rotatable bonds is 5. The number of carbonyl (C=O) groups excluding carboxylic acids is 2. The van der Waals surface area contributed by atoms with Gasteiger partial charge in [0.1, 0.15) is 5.70 Å². The molecule has 26 heavy (non-hydrogen) atoms. The standard InChI is InChI=1S/C20H20ClN3O2/c1-14-4-2-3-5-18(14)24-19(25)11-10-17(23-24)20(26)22-13-12-15-6-8-16(21)9-7-15/h2-10,23H,11-13H2,1H3,(H,22,26). The molecule has 134 valence electrons. The molecule has 0 saturated heterocycles. The van der Waals surface area contributed by atoms with Gasteiger partial charge in [0.2, 0.25) is 5.91 Å². The Kier molecular flexibility index (Phi) is 5.58. The monoisotopic (exact) mass is 369 g/mol. The molecule has 1 aliphatic rings. The molecule has 2 N–H and O–H groups in total. The molecular formula is C20H20ClN3O2. The quantitative estimate of drug-likeness (QED) is 0.851. The van der Waals surface area contributed by atoms with E-state index < -0.39 is 0 Å². The number of nitrogens with zero attached hydrogens (tertiary/aromatic N) is 1. The van der Waals surface area contributed by atoms with Crippen molar-refractivity contribution in [2.45, 2.75) is 19.8 Å². The van der Waals surface area contributed by atoms with E-state index in [1.54, 1.807) is 6.08 Å². The van der Waals surface area contributed by atoms with Crippen molar-refractivity contribution in [2.75, 3.05) is 11.6 Å². The summed E-state index contributed by atoms with van der Waals surface area (Å²) in [4.78, 5) is 24.6. The Balaban J connectivity index is 1.60. The van der Waals surface area contributed by atoms with Gasteiger partial charge in [0.15, 0.2) is 0 Å². The molecule has 2 amide bonds. The Morgan fingerprint density at radius 3 is 2.65 bits per heavy atom. The second-order valence-corrected chi connectivity index (χ2v) is 6.52. The number of anilines is 1. The number of benzene rings is 2. The summed E-state index contributed by atoms with van der Waals surface area (Å²) in [6, 6.07) is 15.1. The van der Waals surface area contributed by atoms with Crippen LogP contribution in [0.3, 0.4) is 0 Å². The Morgan fingerprint density at radius 1 is 1.19 bits per heavy atom. The van der Waals surface area contributed by atoms with Gasteiger partial charge in [0.05, 0.1) is 5.69 Å². The maximum Gasteiger partial charge on any atom is 0.268 e. The van der Waals surface area contributed by atoms with Crippen molar-refractivity contribution >= 4 is 29.1 Å². The molecule has 3 rings (SSSR count). The first-order valence-corrected chi connectivity index (χ1v) is 8.80. The molecule has 6 heteroatoms. The Labute approximate surface area is 157 Å². The fourth-order valence-corrected chi connectivity index (χ4v) is 2.85. The normalized spacial score (nSPS) is 13.8. The van der Waals surface area contributed by atoms with E-state index in [1.165, 1.54) is 5.01 Å². The van der Waals surface area contributed by atoms with Crippen LogP contribution in [0, 0.1) is 6.92 Å². The average Bonchev–Trinajstić information content (AvgIpc) is 2.64. The van der Waals surface area contributed by atoms with Crippen LogP contribution in [-0.2, 0) is 16.0 Å². The van der Waals surface area contributed by atoms with Crippen LogP contribution >= 0.6 is 11.6 Å². The highest BCUT2D eigenvalue weighted by Crippen LogP contribution is 2.21. The molecule has 1 heterocycles. The zero-order chi connectivity index (χ0) is 18.5. The van der Waals surface area contributed by atoms with Crippen molar-refractivity contribution in [3.63, 3.8) is 0 Å². The number of carbonyl (C=O) groups is 2. The van der Waals surface area contributed by atoms with Crippen LogP contribution in [0.25, 0.3) is 0 Å². The smallest absolute Gasteiger partial charge is 0.268 e. The molecular weight excluding hydrogens is 350 g/mol. The summed E-state index contributed by atoms with van der Waals surface area (Å²) in [5.41, 5.74) is 6.11. The Hall–Kier alpha value is -2.79. The zero-order valence-corrected chi connectivity index (χ0v) is 15.2. The van der Waals surface area contributed by atoms with Gasteiger partial charge >= 0.3 is 0 Å². The van der Waals surface area contributed by atoms with Crippen molar-refractivity contribution < 1.29 is 9.59 Å². The van der Waals surface area contributed by atoms with E-state index in [-0.39, 0.29) is 18.2 Å². The first-order chi connectivity index (χ1) is 12.5. The molecule has 0 bridgehead atoms. The van der Waals surface area contributed by atoms with E-state index in [0.717, 1.165) is 16.8 Å². The highest BCUT2D eigenvalue weighted by Gasteiger charge is 2.24. The second-order valence-electron chi connectivity index (χ2n) is 6.08. The molecule has 0 fully saturated rings. The third-order valence-corrected chi connectivity index (χ3v) is 4.43. The lowest BCUT2D eigenvalue weighted by atomic mass is 10.1. The van der Waals surface area contributed by atoms with Crippen LogP contribution in [0.2, 0.25) is 5.02 Å². The molecule has 0 spiro atoms. The van der Waals surface area contributed by atoms with Crippen LogP contribution < -0.4 is 15.8 Å². The predicted molar refractivity (Wildman–Crippen MR) is 103 cm³/mol. The topological polar surface area (TPSA) is 61.4 Å². The van der Waals surface area contributed by atoms with Crippen LogP contribution in [0.5, 0.6) is 0 Å². The van der Waals surface area contributed by atoms with Gasteiger partial charge in [-0.05, 0) is 48.7 Å². The van der Waals surface area contributed by atoms with Gasteiger partial charge in [0, 0.05) is 18.0 Å². The molecule has 0 aliphatic carbocycles. The van der Waals surface area contributed by atoms with Crippen LogP contribution in [0.15, 0.2) is 60.3 Å². The van der Waals surface area contributed by atoms with Gasteiger partial charge in [-0.1, -0.05) is 41.9 Å². The minimum absolute atomic E-state index is 0.1000. The minimum atomic E-state index is -0.231. The molecule has 0 atom stereocenters. The number of hydrogen-bond acceptors (Lipinski definition) is 3. The average molecular weight is 370 g/mol. The van der Waals surface area contributed by atoms with Crippen LogP contribution in [0.4, 0.5) is 5.69 Å². The highest BCUT2D eigenvalue weighted by atomic mass is 35.5. The zero-order valence-electron chi connectivity index (χ0n) is 14.5. The summed E-state index contributed by atoms with van der Waals surface area (Å²) in [5, 5.41) is 5.00.